The Morgan fingerprint density at radius 3 is 2.48 bits per heavy atom. The molecular formula is C18H29N3O2. The first-order valence-corrected chi connectivity index (χ1v) is 8.39. The molecule has 2 N–H and O–H groups in total. The highest BCUT2D eigenvalue weighted by Crippen LogP contribution is 2.20. The van der Waals surface area contributed by atoms with Crippen LogP contribution in [0.5, 0.6) is 0 Å². The van der Waals surface area contributed by atoms with Crippen molar-refractivity contribution in [2.75, 3.05) is 27.2 Å². The molecule has 0 aliphatic carbocycles. The van der Waals surface area contributed by atoms with Gasteiger partial charge in [-0.25, -0.2) is 4.79 Å². The maximum Gasteiger partial charge on any atom is 0.317 e. The first kappa shape index (κ1) is 17.8. The first-order chi connectivity index (χ1) is 11.0. The molecule has 1 saturated heterocycles. The van der Waals surface area contributed by atoms with E-state index in [0.717, 1.165) is 38.0 Å². The van der Waals surface area contributed by atoms with Gasteiger partial charge in [0.15, 0.2) is 0 Å². The topological polar surface area (TPSA) is 55.8 Å². The number of rotatable bonds is 5. The van der Waals surface area contributed by atoms with Gasteiger partial charge in [0.05, 0.1) is 6.10 Å². The summed E-state index contributed by atoms with van der Waals surface area (Å²) in [7, 11) is 4.09. The lowest BCUT2D eigenvalue weighted by Gasteiger charge is -2.33. The molecule has 1 heterocycles. The summed E-state index contributed by atoms with van der Waals surface area (Å²) in [6.07, 6.45) is 1.48. The van der Waals surface area contributed by atoms with E-state index in [2.05, 4.69) is 22.3 Å². The number of piperidine rings is 1. The predicted molar refractivity (Wildman–Crippen MR) is 92.0 cm³/mol. The number of amides is 2. The lowest BCUT2D eigenvalue weighted by atomic mass is 9.92. The zero-order chi connectivity index (χ0) is 16.8. The molecule has 128 valence electrons. The van der Waals surface area contributed by atoms with Crippen molar-refractivity contribution in [3.8, 4) is 0 Å². The summed E-state index contributed by atoms with van der Waals surface area (Å²) in [5.74, 6) is 0.319. The fraction of sp³-hybridized carbons (Fsp3) is 0.611. The molecule has 1 aliphatic heterocycles. The number of aliphatic hydroxyl groups excluding tert-OH is 1. The Balaban J connectivity index is 1.86. The summed E-state index contributed by atoms with van der Waals surface area (Å²) in [6, 6.07) is 8.21. The first-order valence-electron chi connectivity index (χ1n) is 8.39. The lowest BCUT2D eigenvalue weighted by molar-refractivity contribution is 0.0798. The average Bonchev–Trinajstić information content (AvgIpc) is 2.53. The molecule has 0 radical (unpaired) electrons. The number of nitrogens with zero attached hydrogens (tertiary/aromatic N) is 2. The lowest BCUT2D eigenvalue weighted by Crippen LogP contribution is -2.45. The van der Waals surface area contributed by atoms with Crippen LogP contribution in [0.25, 0.3) is 0 Å². The number of aliphatic hydroxyl groups is 1. The van der Waals surface area contributed by atoms with Gasteiger partial charge in [-0.2, -0.15) is 0 Å². The van der Waals surface area contributed by atoms with Gasteiger partial charge >= 0.3 is 6.03 Å². The Bertz CT molecular complexity index is 509. The Morgan fingerprint density at radius 2 is 1.91 bits per heavy atom. The largest absolute Gasteiger partial charge is 0.393 e. The van der Waals surface area contributed by atoms with Gasteiger partial charge in [-0.1, -0.05) is 24.3 Å². The zero-order valence-corrected chi connectivity index (χ0v) is 14.5. The molecule has 1 unspecified atom stereocenters. The minimum atomic E-state index is -0.280. The van der Waals surface area contributed by atoms with Gasteiger partial charge in [0.1, 0.15) is 0 Å². The number of carbonyl (C=O) groups excluding carboxylic acids is 1. The van der Waals surface area contributed by atoms with E-state index in [4.69, 9.17) is 0 Å². The SMILES string of the molecule is CC(O)C1CCN(C(=O)NCc2ccccc2CN(C)C)CC1. The molecule has 23 heavy (non-hydrogen) atoms. The Labute approximate surface area is 139 Å². The predicted octanol–water partition coefficient (Wildman–Crippen LogP) is 2.05. The second-order valence-electron chi connectivity index (χ2n) is 6.73. The van der Waals surface area contributed by atoms with E-state index >= 15 is 0 Å². The summed E-state index contributed by atoms with van der Waals surface area (Å²) in [5, 5.41) is 12.7. The maximum absolute atomic E-state index is 12.3. The van der Waals surface area contributed by atoms with Crippen molar-refractivity contribution in [2.45, 2.75) is 39.0 Å². The normalized spacial score (nSPS) is 17.3. The number of nitrogens with one attached hydrogen (secondary N) is 1. The molecule has 1 aliphatic rings. The van der Waals surface area contributed by atoms with Gasteiger partial charge in [-0.05, 0) is 50.9 Å². The van der Waals surface area contributed by atoms with Crippen LogP contribution in [0.1, 0.15) is 30.9 Å². The fourth-order valence-corrected chi connectivity index (χ4v) is 3.09. The molecule has 2 amide bonds. The van der Waals surface area contributed by atoms with Crippen molar-refractivity contribution >= 4 is 6.03 Å². The van der Waals surface area contributed by atoms with Crippen LogP contribution in [0, 0.1) is 5.92 Å². The molecule has 0 bridgehead atoms. The van der Waals surface area contributed by atoms with Crippen molar-refractivity contribution in [3.63, 3.8) is 0 Å². The van der Waals surface area contributed by atoms with Crippen LogP contribution >= 0.6 is 0 Å². The van der Waals surface area contributed by atoms with Gasteiger partial charge in [0, 0.05) is 26.2 Å². The van der Waals surface area contributed by atoms with E-state index in [1.807, 2.05) is 38.1 Å². The van der Waals surface area contributed by atoms with Crippen molar-refractivity contribution in [1.29, 1.82) is 0 Å². The number of hydrogen-bond donors (Lipinski definition) is 2. The Kier molecular flexibility index (Phi) is 6.42. The van der Waals surface area contributed by atoms with Gasteiger partial charge < -0.3 is 20.2 Å². The molecule has 0 spiro atoms. The molecular weight excluding hydrogens is 290 g/mol. The van der Waals surface area contributed by atoms with Crippen molar-refractivity contribution in [1.82, 2.24) is 15.1 Å². The van der Waals surface area contributed by atoms with Crippen molar-refractivity contribution in [3.05, 3.63) is 35.4 Å². The molecule has 0 aromatic heterocycles. The third-order valence-corrected chi connectivity index (χ3v) is 4.54. The maximum atomic E-state index is 12.3. The van der Waals surface area contributed by atoms with E-state index in [1.54, 1.807) is 0 Å². The third-order valence-electron chi connectivity index (χ3n) is 4.54. The number of urea groups is 1. The van der Waals surface area contributed by atoms with E-state index < -0.39 is 0 Å². The molecule has 1 atom stereocenters. The monoisotopic (exact) mass is 319 g/mol. The van der Waals surface area contributed by atoms with E-state index in [1.165, 1.54) is 5.56 Å². The van der Waals surface area contributed by atoms with Gasteiger partial charge in [0.2, 0.25) is 0 Å². The zero-order valence-electron chi connectivity index (χ0n) is 14.5. The van der Waals surface area contributed by atoms with E-state index in [-0.39, 0.29) is 12.1 Å². The molecule has 1 fully saturated rings. The summed E-state index contributed by atoms with van der Waals surface area (Å²) < 4.78 is 0. The Morgan fingerprint density at radius 1 is 1.30 bits per heavy atom. The standard InChI is InChI=1S/C18H29N3O2/c1-14(22)15-8-10-21(11-9-15)18(23)19-12-16-6-4-5-7-17(16)13-20(2)3/h4-7,14-15,22H,8-13H2,1-3H3,(H,19,23). The highest BCUT2D eigenvalue weighted by Gasteiger charge is 2.25. The Hall–Kier alpha value is -1.59. The van der Waals surface area contributed by atoms with E-state index in [0.29, 0.717) is 12.5 Å². The molecule has 1 aromatic rings. The minimum Gasteiger partial charge on any atom is -0.393 e. The van der Waals surface area contributed by atoms with Crippen LogP contribution in [0.3, 0.4) is 0 Å². The number of likely N-dealkylation sites (tertiary alicyclic amines) is 1. The number of hydrogen-bond acceptors (Lipinski definition) is 3. The van der Waals surface area contributed by atoms with Crippen molar-refractivity contribution in [2.24, 2.45) is 5.92 Å². The second-order valence-corrected chi connectivity index (χ2v) is 6.73. The molecule has 1 aromatic carbocycles. The van der Waals surface area contributed by atoms with Crippen molar-refractivity contribution < 1.29 is 9.90 Å². The van der Waals surface area contributed by atoms with Crippen LogP contribution < -0.4 is 5.32 Å². The highest BCUT2D eigenvalue weighted by atomic mass is 16.3. The summed E-state index contributed by atoms with van der Waals surface area (Å²) >= 11 is 0. The quantitative estimate of drug-likeness (QED) is 0.873. The fourth-order valence-electron chi connectivity index (χ4n) is 3.09. The van der Waals surface area contributed by atoms with E-state index in [9.17, 15) is 9.90 Å². The smallest absolute Gasteiger partial charge is 0.317 e. The van der Waals surface area contributed by atoms with Gasteiger partial charge in [-0.15, -0.1) is 0 Å². The minimum absolute atomic E-state index is 0.00583. The van der Waals surface area contributed by atoms with Gasteiger partial charge in [-0.3, -0.25) is 0 Å². The van der Waals surface area contributed by atoms with Gasteiger partial charge in [0.25, 0.3) is 0 Å². The van der Waals surface area contributed by atoms with Crippen LogP contribution in [-0.4, -0.2) is 54.2 Å². The average molecular weight is 319 g/mol. The summed E-state index contributed by atoms with van der Waals surface area (Å²) in [5.41, 5.74) is 2.40. The number of benzene rings is 1. The molecule has 2 rings (SSSR count). The van der Waals surface area contributed by atoms with Crippen LogP contribution in [0.15, 0.2) is 24.3 Å². The molecule has 5 nitrogen and oxygen atoms in total. The second kappa shape index (κ2) is 8.31. The summed E-state index contributed by atoms with van der Waals surface area (Å²) in [4.78, 5) is 16.3. The summed E-state index contributed by atoms with van der Waals surface area (Å²) in [6.45, 7) is 4.70. The van der Waals surface area contributed by atoms with Crippen LogP contribution in [-0.2, 0) is 13.1 Å². The van der Waals surface area contributed by atoms with Crippen LogP contribution in [0.2, 0.25) is 0 Å². The molecule has 0 saturated carbocycles. The third kappa shape index (κ3) is 5.22. The molecule has 5 heteroatoms. The number of carbonyl (C=O) groups is 1. The highest BCUT2D eigenvalue weighted by molar-refractivity contribution is 5.74. The van der Waals surface area contributed by atoms with Crippen LogP contribution in [0.4, 0.5) is 4.79 Å².